The highest BCUT2D eigenvalue weighted by Gasteiger charge is 2.26. The molecule has 4 heteroatoms. The zero-order valence-corrected chi connectivity index (χ0v) is 12.6. The van der Waals surface area contributed by atoms with E-state index in [9.17, 15) is 4.79 Å². The molecule has 0 saturated carbocycles. The highest BCUT2D eigenvalue weighted by atomic mass is 32.2. The van der Waals surface area contributed by atoms with Crippen LogP contribution in [-0.4, -0.2) is 24.2 Å². The first-order chi connectivity index (χ1) is 9.08. The van der Waals surface area contributed by atoms with Crippen molar-refractivity contribution in [3.63, 3.8) is 0 Å². The molecule has 1 heterocycles. The van der Waals surface area contributed by atoms with Crippen LogP contribution in [0.2, 0.25) is 0 Å². The second-order valence-corrected chi connectivity index (χ2v) is 6.47. The van der Waals surface area contributed by atoms with Gasteiger partial charge >= 0.3 is 0 Å². The Morgan fingerprint density at radius 2 is 2.16 bits per heavy atom. The Labute approximate surface area is 119 Å². The van der Waals surface area contributed by atoms with Gasteiger partial charge in [-0.05, 0) is 31.4 Å². The van der Waals surface area contributed by atoms with Crippen LogP contribution in [0, 0.1) is 5.92 Å². The molecule has 2 N–H and O–H groups in total. The average molecular weight is 278 g/mol. The second-order valence-electron chi connectivity index (χ2n) is 5.41. The van der Waals surface area contributed by atoms with Gasteiger partial charge in [0.25, 0.3) is 0 Å². The molecule has 2 rings (SSSR count). The van der Waals surface area contributed by atoms with Crippen molar-refractivity contribution in [1.82, 2.24) is 10.6 Å². The summed E-state index contributed by atoms with van der Waals surface area (Å²) in [5, 5.41) is 6.32. The SMILES string of the molecule is CC(C)NC(=O)CNC1c2ccccc2SCC1C. The Balaban J connectivity index is 2.01. The Bertz CT molecular complexity index is 448. The van der Waals surface area contributed by atoms with Crippen molar-refractivity contribution in [2.75, 3.05) is 12.3 Å². The summed E-state index contributed by atoms with van der Waals surface area (Å²) >= 11 is 1.90. The fraction of sp³-hybridized carbons (Fsp3) is 0.533. The van der Waals surface area contributed by atoms with Gasteiger partial charge in [0.1, 0.15) is 0 Å². The number of nitrogens with one attached hydrogen (secondary N) is 2. The summed E-state index contributed by atoms with van der Waals surface area (Å²) in [4.78, 5) is 13.1. The number of amides is 1. The number of rotatable bonds is 4. The summed E-state index contributed by atoms with van der Waals surface area (Å²) in [6.45, 7) is 6.58. The number of benzene rings is 1. The summed E-state index contributed by atoms with van der Waals surface area (Å²) in [5.41, 5.74) is 1.32. The Kier molecular flexibility index (Phi) is 4.88. The van der Waals surface area contributed by atoms with Crippen molar-refractivity contribution in [2.24, 2.45) is 5.92 Å². The maximum Gasteiger partial charge on any atom is 0.234 e. The summed E-state index contributed by atoms with van der Waals surface area (Å²) in [7, 11) is 0. The Hall–Kier alpha value is -1.00. The normalized spacial score (nSPS) is 22.1. The number of carbonyl (C=O) groups is 1. The molecule has 1 amide bonds. The van der Waals surface area contributed by atoms with Crippen molar-refractivity contribution in [3.05, 3.63) is 29.8 Å². The van der Waals surface area contributed by atoms with Crippen LogP contribution >= 0.6 is 11.8 Å². The number of hydrogen-bond donors (Lipinski definition) is 2. The van der Waals surface area contributed by atoms with Gasteiger partial charge in [0.05, 0.1) is 6.54 Å². The van der Waals surface area contributed by atoms with Gasteiger partial charge in [0, 0.05) is 22.7 Å². The van der Waals surface area contributed by atoms with Crippen molar-refractivity contribution >= 4 is 17.7 Å². The molecule has 2 unspecified atom stereocenters. The van der Waals surface area contributed by atoms with E-state index in [1.54, 1.807) is 0 Å². The second kappa shape index (κ2) is 6.44. The lowest BCUT2D eigenvalue weighted by Gasteiger charge is -2.31. The summed E-state index contributed by atoms with van der Waals surface area (Å²) in [6, 6.07) is 8.94. The number of fused-ring (bicyclic) bond motifs is 1. The zero-order valence-electron chi connectivity index (χ0n) is 11.8. The van der Waals surface area contributed by atoms with E-state index in [0.29, 0.717) is 12.5 Å². The quantitative estimate of drug-likeness (QED) is 0.889. The van der Waals surface area contributed by atoms with Crippen molar-refractivity contribution < 1.29 is 4.79 Å². The van der Waals surface area contributed by atoms with Gasteiger partial charge in [-0.3, -0.25) is 4.79 Å². The smallest absolute Gasteiger partial charge is 0.234 e. The molecule has 19 heavy (non-hydrogen) atoms. The lowest BCUT2D eigenvalue weighted by Crippen LogP contribution is -2.41. The zero-order chi connectivity index (χ0) is 13.8. The number of hydrogen-bond acceptors (Lipinski definition) is 3. The first-order valence-corrected chi connectivity index (χ1v) is 7.81. The van der Waals surface area contributed by atoms with Crippen molar-refractivity contribution in [3.8, 4) is 0 Å². The maximum absolute atomic E-state index is 11.7. The van der Waals surface area contributed by atoms with E-state index in [0.717, 1.165) is 5.75 Å². The molecular formula is C15H22N2OS. The predicted molar refractivity (Wildman–Crippen MR) is 80.4 cm³/mol. The minimum absolute atomic E-state index is 0.0675. The third kappa shape index (κ3) is 3.74. The number of thioether (sulfide) groups is 1. The summed E-state index contributed by atoms with van der Waals surface area (Å²) in [5.74, 6) is 1.70. The third-order valence-corrected chi connectivity index (χ3v) is 4.63. The highest BCUT2D eigenvalue weighted by molar-refractivity contribution is 7.99. The van der Waals surface area contributed by atoms with E-state index in [1.165, 1.54) is 10.5 Å². The molecule has 2 atom stereocenters. The van der Waals surface area contributed by atoms with Gasteiger partial charge < -0.3 is 10.6 Å². The van der Waals surface area contributed by atoms with E-state index in [2.05, 4.69) is 41.8 Å². The summed E-state index contributed by atoms with van der Waals surface area (Å²) in [6.07, 6.45) is 0. The topological polar surface area (TPSA) is 41.1 Å². The lowest BCUT2D eigenvalue weighted by molar-refractivity contribution is -0.120. The molecule has 0 aliphatic carbocycles. The molecule has 0 saturated heterocycles. The molecule has 1 aromatic carbocycles. The molecule has 0 fully saturated rings. The van der Waals surface area contributed by atoms with Gasteiger partial charge in [-0.25, -0.2) is 0 Å². The minimum Gasteiger partial charge on any atom is -0.353 e. The molecule has 3 nitrogen and oxygen atoms in total. The van der Waals surface area contributed by atoms with Gasteiger partial charge in [-0.2, -0.15) is 0 Å². The maximum atomic E-state index is 11.7. The molecule has 0 radical (unpaired) electrons. The molecule has 0 spiro atoms. The fourth-order valence-corrected chi connectivity index (χ4v) is 3.55. The van der Waals surface area contributed by atoms with Crippen LogP contribution in [0.1, 0.15) is 32.4 Å². The largest absolute Gasteiger partial charge is 0.353 e. The van der Waals surface area contributed by atoms with E-state index >= 15 is 0 Å². The van der Waals surface area contributed by atoms with Crippen LogP contribution in [0.25, 0.3) is 0 Å². The highest BCUT2D eigenvalue weighted by Crippen LogP contribution is 2.39. The number of carbonyl (C=O) groups excluding carboxylic acids is 1. The molecule has 1 aromatic rings. The predicted octanol–water partition coefficient (Wildman–Crippen LogP) is 2.58. The van der Waals surface area contributed by atoms with Crippen LogP contribution < -0.4 is 10.6 Å². The Morgan fingerprint density at radius 3 is 2.89 bits per heavy atom. The van der Waals surface area contributed by atoms with Gasteiger partial charge in [-0.1, -0.05) is 25.1 Å². The van der Waals surface area contributed by atoms with E-state index < -0.39 is 0 Å². The van der Waals surface area contributed by atoms with Crippen LogP contribution in [0.3, 0.4) is 0 Å². The standard InChI is InChI=1S/C15H22N2OS/c1-10(2)17-14(18)8-16-15-11(3)9-19-13-7-5-4-6-12(13)15/h4-7,10-11,15-16H,8-9H2,1-3H3,(H,17,18). The molecule has 0 aromatic heterocycles. The van der Waals surface area contributed by atoms with E-state index in [1.807, 2.05) is 25.6 Å². The first-order valence-electron chi connectivity index (χ1n) is 6.82. The molecule has 104 valence electrons. The molecular weight excluding hydrogens is 256 g/mol. The van der Waals surface area contributed by atoms with Crippen molar-refractivity contribution in [1.29, 1.82) is 0 Å². The van der Waals surface area contributed by atoms with Crippen molar-refractivity contribution in [2.45, 2.75) is 37.8 Å². The van der Waals surface area contributed by atoms with Crippen LogP contribution in [0.5, 0.6) is 0 Å². The monoisotopic (exact) mass is 278 g/mol. The van der Waals surface area contributed by atoms with Crippen LogP contribution in [-0.2, 0) is 4.79 Å². The third-order valence-electron chi connectivity index (χ3n) is 3.26. The van der Waals surface area contributed by atoms with Crippen LogP contribution in [0.15, 0.2) is 29.2 Å². The Morgan fingerprint density at radius 1 is 1.42 bits per heavy atom. The first kappa shape index (κ1) is 14.4. The van der Waals surface area contributed by atoms with Gasteiger partial charge in [0.2, 0.25) is 5.91 Å². The van der Waals surface area contributed by atoms with Gasteiger partial charge in [0.15, 0.2) is 0 Å². The average Bonchev–Trinajstić information content (AvgIpc) is 2.36. The van der Waals surface area contributed by atoms with Crippen LogP contribution in [0.4, 0.5) is 0 Å². The fourth-order valence-electron chi connectivity index (χ4n) is 2.38. The minimum atomic E-state index is 0.0675. The molecule has 1 aliphatic rings. The lowest BCUT2D eigenvalue weighted by atomic mass is 9.95. The molecule has 1 aliphatic heterocycles. The summed E-state index contributed by atoms with van der Waals surface area (Å²) < 4.78 is 0. The molecule has 0 bridgehead atoms. The van der Waals surface area contributed by atoms with E-state index in [4.69, 9.17) is 0 Å². The van der Waals surface area contributed by atoms with E-state index in [-0.39, 0.29) is 18.0 Å². The van der Waals surface area contributed by atoms with Gasteiger partial charge in [-0.15, -0.1) is 11.8 Å².